The van der Waals surface area contributed by atoms with Crippen molar-refractivity contribution in [2.45, 2.75) is 12.6 Å². The van der Waals surface area contributed by atoms with Gasteiger partial charge in [-0.3, -0.25) is 4.79 Å². The molecule has 0 aliphatic rings. The van der Waals surface area contributed by atoms with E-state index in [0.717, 1.165) is 22.0 Å². The van der Waals surface area contributed by atoms with Gasteiger partial charge in [-0.2, -0.15) is 0 Å². The number of hydrogen-bond donors (Lipinski definition) is 2. The number of primary amides is 1. The van der Waals surface area contributed by atoms with E-state index in [1.807, 2.05) is 6.07 Å². The molecule has 0 spiro atoms. The third-order valence-electron chi connectivity index (χ3n) is 3.86. The highest BCUT2D eigenvalue weighted by molar-refractivity contribution is 6.43. The zero-order valence-electron chi connectivity index (χ0n) is 12.8. The molecule has 130 valence electrons. The summed E-state index contributed by atoms with van der Waals surface area (Å²) in [5.41, 5.74) is 13.7. The number of carbonyl (C=O) groups is 1. The van der Waals surface area contributed by atoms with Gasteiger partial charge < -0.3 is 16.0 Å². The number of amides is 1. The molecule has 1 atom stereocenters. The van der Waals surface area contributed by atoms with Gasteiger partial charge in [-0.05, 0) is 24.3 Å². The fourth-order valence-electron chi connectivity index (χ4n) is 2.75. The van der Waals surface area contributed by atoms with Crippen LogP contribution in [0.5, 0.6) is 0 Å². The molecule has 3 aromatic rings. The van der Waals surface area contributed by atoms with Crippen LogP contribution >= 0.6 is 46.4 Å². The number of benzene rings is 2. The Morgan fingerprint density at radius 1 is 1.00 bits per heavy atom. The number of halogens is 4. The molecule has 1 heterocycles. The molecule has 0 bridgehead atoms. The summed E-state index contributed by atoms with van der Waals surface area (Å²) in [7, 11) is 0. The fourth-order valence-corrected chi connectivity index (χ4v) is 3.58. The summed E-state index contributed by atoms with van der Waals surface area (Å²) >= 11 is 24.7. The minimum atomic E-state index is -0.642. The van der Waals surface area contributed by atoms with E-state index in [-0.39, 0.29) is 6.42 Å². The van der Waals surface area contributed by atoms with Crippen LogP contribution < -0.4 is 11.5 Å². The van der Waals surface area contributed by atoms with Gasteiger partial charge >= 0.3 is 0 Å². The van der Waals surface area contributed by atoms with Gasteiger partial charge in [0, 0.05) is 32.8 Å². The van der Waals surface area contributed by atoms with Crippen LogP contribution in [0.25, 0.3) is 22.0 Å². The first-order valence-corrected chi connectivity index (χ1v) is 8.78. The topological polar surface area (TPSA) is 74.0 Å². The second-order valence-corrected chi connectivity index (χ2v) is 7.25. The first-order chi connectivity index (χ1) is 11.8. The minimum absolute atomic E-state index is 0.0161. The van der Waals surface area contributed by atoms with Gasteiger partial charge in [-0.1, -0.05) is 52.5 Å². The van der Waals surface area contributed by atoms with Crippen LogP contribution in [0.2, 0.25) is 20.1 Å². The smallest absolute Gasteiger partial charge is 0.220 e. The predicted octanol–water partition coefficient (Wildman–Crippen LogP) is 5.25. The van der Waals surface area contributed by atoms with Crippen LogP contribution in [0, 0.1) is 0 Å². The van der Waals surface area contributed by atoms with Crippen LogP contribution in [0.4, 0.5) is 0 Å². The molecule has 4 N–H and O–H groups in total. The van der Waals surface area contributed by atoms with Gasteiger partial charge in [0.15, 0.2) is 0 Å². The third kappa shape index (κ3) is 3.59. The zero-order chi connectivity index (χ0) is 18.3. The van der Waals surface area contributed by atoms with E-state index < -0.39 is 12.1 Å². The highest BCUT2D eigenvalue weighted by atomic mass is 35.5. The largest absolute Gasteiger partial charge is 0.370 e. The minimum Gasteiger partial charge on any atom is -0.370 e. The molecule has 0 saturated heterocycles. The molecule has 1 amide bonds. The Hall–Kier alpha value is -1.43. The van der Waals surface area contributed by atoms with Gasteiger partial charge in [0.2, 0.25) is 5.91 Å². The van der Waals surface area contributed by atoms with Crippen molar-refractivity contribution >= 4 is 63.2 Å². The number of nitrogens with two attached hydrogens (primary N) is 2. The highest BCUT2D eigenvalue weighted by Gasteiger charge is 2.19. The molecule has 0 saturated carbocycles. The van der Waals surface area contributed by atoms with Crippen molar-refractivity contribution in [3.63, 3.8) is 0 Å². The monoisotopic (exact) mass is 415 g/mol. The molecule has 3 rings (SSSR count). The summed E-state index contributed by atoms with van der Waals surface area (Å²) in [6.45, 7) is 0. The Labute approximate surface area is 164 Å². The summed E-state index contributed by atoms with van der Waals surface area (Å²) in [6.07, 6.45) is 1.15. The van der Waals surface area contributed by atoms with Crippen molar-refractivity contribution in [2.24, 2.45) is 11.5 Å². The number of fused-ring (bicyclic) bond motifs is 1. The summed E-state index contributed by atoms with van der Waals surface area (Å²) in [5, 5.41) is 2.61. The normalized spacial score (nSPS) is 12.5. The maximum Gasteiger partial charge on any atom is 0.220 e. The molecule has 1 aromatic heterocycles. The van der Waals surface area contributed by atoms with Gasteiger partial charge in [-0.15, -0.1) is 0 Å². The van der Waals surface area contributed by atoms with E-state index in [1.54, 1.807) is 35.0 Å². The molecule has 1 unspecified atom stereocenters. The Balaban J connectivity index is 2.28. The lowest BCUT2D eigenvalue weighted by atomic mass is 10.0. The molecule has 25 heavy (non-hydrogen) atoms. The Morgan fingerprint density at radius 2 is 1.68 bits per heavy atom. The Bertz CT molecular complexity index is 984. The number of aromatic nitrogens is 1. The number of carbonyl (C=O) groups excluding carboxylic acids is 1. The maximum absolute atomic E-state index is 11.3. The molecular formula is C17H13Cl4N3O. The van der Waals surface area contributed by atoms with Crippen molar-refractivity contribution in [1.29, 1.82) is 0 Å². The second kappa shape index (κ2) is 7.06. The van der Waals surface area contributed by atoms with Crippen LogP contribution in [-0.4, -0.2) is 10.5 Å². The van der Waals surface area contributed by atoms with E-state index in [1.165, 1.54) is 0 Å². The Kier molecular flexibility index (Phi) is 5.19. The molecule has 0 radical (unpaired) electrons. The molecule has 2 aromatic carbocycles. The van der Waals surface area contributed by atoms with Gasteiger partial charge in [0.1, 0.15) is 0 Å². The average Bonchev–Trinajstić information content (AvgIpc) is 2.86. The average molecular weight is 417 g/mol. The number of rotatable bonds is 4. The fraction of sp³-hybridized carbons (Fsp3) is 0.118. The van der Waals surface area contributed by atoms with Crippen molar-refractivity contribution in [1.82, 2.24) is 4.57 Å². The van der Waals surface area contributed by atoms with Crippen molar-refractivity contribution in [3.8, 4) is 11.1 Å². The Morgan fingerprint density at radius 3 is 2.32 bits per heavy atom. The lowest BCUT2D eigenvalue weighted by molar-refractivity contribution is -0.118. The quantitative estimate of drug-likeness (QED) is 0.608. The van der Waals surface area contributed by atoms with Crippen LogP contribution in [-0.2, 0) is 4.79 Å². The number of hydrogen-bond acceptors (Lipinski definition) is 2. The van der Waals surface area contributed by atoms with Crippen LogP contribution in [0.15, 0.2) is 36.5 Å². The number of nitrogens with zero attached hydrogens (tertiary/aromatic N) is 1. The zero-order valence-corrected chi connectivity index (χ0v) is 15.8. The van der Waals surface area contributed by atoms with Crippen LogP contribution in [0.1, 0.15) is 12.6 Å². The lowest BCUT2D eigenvalue weighted by Crippen LogP contribution is -2.25. The third-order valence-corrected chi connectivity index (χ3v) is 5.13. The maximum atomic E-state index is 11.3. The van der Waals surface area contributed by atoms with Gasteiger partial charge in [0.05, 0.1) is 28.1 Å². The van der Waals surface area contributed by atoms with E-state index in [9.17, 15) is 4.79 Å². The summed E-state index contributed by atoms with van der Waals surface area (Å²) < 4.78 is 1.74. The molecule has 0 aliphatic heterocycles. The SMILES string of the molecule is NC(=O)CC(N)n1cc(-c2ccc(Cl)cc2Cl)c2cc(Cl)c(Cl)cc21. The summed E-state index contributed by atoms with van der Waals surface area (Å²) in [5.74, 6) is -0.500. The molecule has 0 fully saturated rings. The van der Waals surface area contributed by atoms with E-state index >= 15 is 0 Å². The predicted molar refractivity (Wildman–Crippen MR) is 104 cm³/mol. The standard InChI is InChI=1S/C17H13Cl4N3O/c18-8-1-2-9(12(19)3-8)11-7-24(16(22)6-17(23)25)15-5-14(21)13(20)4-10(11)15/h1-5,7,16H,6,22H2,(H2,23,25). The molecule has 0 aliphatic carbocycles. The van der Waals surface area contributed by atoms with E-state index in [2.05, 4.69) is 0 Å². The van der Waals surface area contributed by atoms with Crippen LogP contribution in [0.3, 0.4) is 0 Å². The van der Waals surface area contributed by atoms with Crippen molar-refractivity contribution < 1.29 is 4.79 Å². The molecular weight excluding hydrogens is 404 g/mol. The first kappa shape index (κ1) is 18.4. The summed E-state index contributed by atoms with van der Waals surface area (Å²) in [6, 6.07) is 8.65. The van der Waals surface area contributed by atoms with Gasteiger partial charge in [0.25, 0.3) is 0 Å². The van der Waals surface area contributed by atoms with Gasteiger partial charge in [-0.25, -0.2) is 0 Å². The van der Waals surface area contributed by atoms with E-state index in [0.29, 0.717) is 20.1 Å². The second-order valence-electron chi connectivity index (χ2n) is 5.60. The highest BCUT2D eigenvalue weighted by Crippen LogP contribution is 2.40. The van der Waals surface area contributed by atoms with Crippen molar-refractivity contribution in [2.75, 3.05) is 0 Å². The lowest BCUT2D eigenvalue weighted by Gasteiger charge is -2.13. The molecule has 8 heteroatoms. The molecule has 4 nitrogen and oxygen atoms in total. The summed E-state index contributed by atoms with van der Waals surface area (Å²) in [4.78, 5) is 11.3. The van der Waals surface area contributed by atoms with Crippen molar-refractivity contribution in [3.05, 3.63) is 56.6 Å². The van der Waals surface area contributed by atoms with E-state index in [4.69, 9.17) is 57.9 Å². The first-order valence-electron chi connectivity index (χ1n) is 7.27.